The summed E-state index contributed by atoms with van der Waals surface area (Å²) in [6, 6.07) is 7.15. The number of nitrogens with zero attached hydrogens (tertiary/aromatic N) is 6. The molecule has 1 aromatic carbocycles. The molecule has 14 heteroatoms. The first kappa shape index (κ1) is 36.7. The van der Waals surface area contributed by atoms with Gasteiger partial charge in [0, 0.05) is 45.8 Å². The van der Waals surface area contributed by atoms with Gasteiger partial charge >= 0.3 is 6.18 Å². The fourth-order valence-corrected chi connectivity index (χ4v) is 8.21. The number of nitrogens with two attached hydrogens (primary N) is 1. The summed E-state index contributed by atoms with van der Waals surface area (Å²) in [5.41, 5.74) is 7.29. The van der Waals surface area contributed by atoms with Crippen molar-refractivity contribution in [3.05, 3.63) is 48.2 Å². The maximum absolute atomic E-state index is 13.5. The van der Waals surface area contributed by atoms with Crippen molar-refractivity contribution in [1.29, 1.82) is 0 Å². The molecule has 1 aliphatic carbocycles. The lowest BCUT2D eigenvalue weighted by molar-refractivity contribution is -0.161. The summed E-state index contributed by atoms with van der Waals surface area (Å²) in [6.07, 6.45) is 2.22. The van der Waals surface area contributed by atoms with Crippen LogP contribution in [-0.2, 0) is 33.5 Å². The van der Waals surface area contributed by atoms with Crippen LogP contribution in [0, 0.1) is 5.92 Å². The largest absolute Gasteiger partial charge is 0.416 e. The van der Waals surface area contributed by atoms with E-state index in [0.29, 0.717) is 35.9 Å². The number of halogens is 3. The van der Waals surface area contributed by atoms with Crippen LogP contribution in [-0.4, -0.2) is 80.8 Å². The van der Waals surface area contributed by atoms with Crippen molar-refractivity contribution in [2.24, 2.45) is 5.92 Å². The van der Waals surface area contributed by atoms with Crippen LogP contribution in [0.15, 0.2) is 36.8 Å². The van der Waals surface area contributed by atoms with Crippen molar-refractivity contribution in [2.45, 2.75) is 122 Å². The number of hydrogen-bond acceptors (Lipinski definition) is 8. The van der Waals surface area contributed by atoms with E-state index in [1.165, 1.54) is 12.4 Å². The summed E-state index contributed by atoms with van der Waals surface area (Å²) in [4.78, 5) is 15.9. The number of alkyl halides is 3. The minimum atomic E-state index is -4.42. The molecule has 2 aliphatic rings. The normalized spacial score (nSPS) is 22.5. The summed E-state index contributed by atoms with van der Waals surface area (Å²) in [5, 5.41) is 0.835. The number of nitrogen functional groups attached to an aromatic ring is 1. The molecule has 0 amide bonds. The van der Waals surface area contributed by atoms with Crippen LogP contribution in [0.5, 0.6) is 0 Å². The highest BCUT2D eigenvalue weighted by molar-refractivity contribution is 6.76. The van der Waals surface area contributed by atoms with E-state index in [4.69, 9.17) is 19.9 Å². The van der Waals surface area contributed by atoms with Crippen LogP contribution in [0.4, 0.5) is 19.0 Å². The van der Waals surface area contributed by atoms with Gasteiger partial charge in [-0.2, -0.15) is 13.2 Å². The monoisotopic (exact) mass is 715 g/mol. The van der Waals surface area contributed by atoms with E-state index in [1.54, 1.807) is 0 Å². The molecule has 2 fully saturated rings. The summed E-state index contributed by atoms with van der Waals surface area (Å²) in [6.45, 7) is 17.9. The first-order chi connectivity index (χ1) is 23.5. The van der Waals surface area contributed by atoms with E-state index in [0.717, 1.165) is 67.4 Å². The number of unbranched alkanes of at least 4 members (excludes halogenated alkanes) is 1. The van der Waals surface area contributed by atoms with Gasteiger partial charge in [0.25, 0.3) is 0 Å². The Kier molecular flexibility index (Phi) is 10.4. The third-order valence-corrected chi connectivity index (χ3v) is 11.8. The molecule has 4 heterocycles. The Morgan fingerprint density at radius 1 is 1.10 bits per heavy atom. The van der Waals surface area contributed by atoms with Crippen LogP contribution >= 0.6 is 0 Å². The fourth-order valence-electron chi connectivity index (χ4n) is 7.45. The topological polar surface area (TPSA) is 105 Å². The fraction of sp³-hybridized carbons (Fsp3) is 0.639. The Morgan fingerprint density at radius 3 is 2.58 bits per heavy atom. The predicted octanol–water partition coefficient (Wildman–Crippen LogP) is 7.51. The molecular weight excluding hydrogens is 664 g/mol. The molecule has 1 saturated heterocycles. The zero-order valence-electron chi connectivity index (χ0n) is 30.3. The number of rotatable bonds is 14. The average Bonchev–Trinajstić information content (AvgIpc) is 3.76. The molecule has 0 spiro atoms. The molecule has 3 aromatic heterocycles. The number of ether oxygens (including phenoxy) is 3. The van der Waals surface area contributed by atoms with Crippen LogP contribution in [0.3, 0.4) is 0 Å². The first-order valence-electron chi connectivity index (χ1n) is 17.8. The van der Waals surface area contributed by atoms with Gasteiger partial charge in [-0.05, 0) is 83.8 Å². The number of fused-ring (bicyclic) bond motifs is 3. The molecule has 0 radical (unpaired) electrons. The van der Waals surface area contributed by atoms with Gasteiger partial charge < -0.3 is 34.0 Å². The van der Waals surface area contributed by atoms with Crippen molar-refractivity contribution < 1.29 is 27.4 Å². The van der Waals surface area contributed by atoms with Crippen molar-refractivity contribution in [3.8, 4) is 0 Å². The lowest BCUT2D eigenvalue weighted by Crippen LogP contribution is -2.39. The zero-order valence-corrected chi connectivity index (χ0v) is 31.3. The second-order valence-corrected chi connectivity index (χ2v) is 21.5. The highest BCUT2D eigenvalue weighted by Crippen LogP contribution is 2.48. The molecule has 1 saturated carbocycles. The minimum Gasteiger partial charge on any atom is -0.383 e. The van der Waals surface area contributed by atoms with E-state index < -0.39 is 25.6 Å². The lowest BCUT2D eigenvalue weighted by atomic mass is 10.0. The molecule has 0 bridgehead atoms. The maximum atomic E-state index is 13.5. The Morgan fingerprint density at radius 2 is 1.86 bits per heavy atom. The third-order valence-electron chi connectivity index (χ3n) is 10.1. The van der Waals surface area contributed by atoms with Crippen molar-refractivity contribution in [1.82, 2.24) is 29.0 Å². The molecule has 50 heavy (non-hydrogen) atoms. The predicted molar refractivity (Wildman–Crippen MR) is 191 cm³/mol. The Labute approximate surface area is 293 Å². The summed E-state index contributed by atoms with van der Waals surface area (Å²) in [7, 11) is -1.29. The van der Waals surface area contributed by atoms with Gasteiger partial charge in [-0.1, -0.05) is 19.6 Å². The maximum Gasteiger partial charge on any atom is 0.416 e. The quantitative estimate of drug-likeness (QED) is 0.106. The SMILES string of the molecule is CC(C)N(CCCCc1nc2cc(C(F)(F)F)ccc2n1COCC[Si](C)(C)C)CC1CC(n2ccc3c(N)ncnc32)C2OC(C)(C)OC12. The second-order valence-electron chi connectivity index (χ2n) is 15.9. The molecule has 4 unspecified atom stereocenters. The van der Waals surface area contributed by atoms with Crippen molar-refractivity contribution in [3.63, 3.8) is 0 Å². The van der Waals surface area contributed by atoms with Crippen molar-refractivity contribution in [2.75, 3.05) is 25.4 Å². The molecular formula is C36H52F3N7O3Si. The van der Waals surface area contributed by atoms with E-state index >= 15 is 0 Å². The molecule has 2 N–H and O–H groups in total. The van der Waals surface area contributed by atoms with Crippen LogP contribution in [0.1, 0.15) is 64.4 Å². The molecule has 10 nitrogen and oxygen atoms in total. The van der Waals surface area contributed by atoms with Gasteiger partial charge in [0.2, 0.25) is 0 Å². The number of benzene rings is 1. The number of imidazole rings is 1. The molecule has 6 rings (SSSR count). The Balaban J connectivity index is 1.13. The third kappa shape index (κ3) is 8.04. The van der Waals surface area contributed by atoms with Gasteiger partial charge in [-0.15, -0.1) is 0 Å². The lowest BCUT2D eigenvalue weighted by Gasteiger charge is -2.31. The standard InChI is InChI=1S/C36H52F3N7O3Si/c1-23(2)44(20-24-18-29(32-31(24)48-35(3,4)49-32)45-15-13-26-33(40)41-21-42-34(26)45)14-9-8-10-30-43-27-19-25(36(37,38)39)11-12-28(27)46(30)22-47-16-17-50(5,6)7/h11-13,15,19,21,23-24,29,31-32H,8-10,14,16-18,20,22H2,1-7H3,(H2,40,41,42). The van der Waals surface area contributed by atoms with Gasteiger partial charge in [-0.25, -0.2) is 15.0 Å². The number of aromatic nitrogens is 5. The minimum absolute atomic E-state index is 0.0476. The summed E-state index contributed by atoms with van der Waals surface area (Å²) >= 11 is 0. The van der Waals surface area contributed by atoms with Crippen LogP contribution in [0.25, 0.3) is 22.1 Å². The number of hydrogen-bond donors (Lipinski definition) is 1. The van der Waals surface area contributed by atoms with Crippen LogP contribution in [0.2, 0.25) is 25.7 Å². The van der Waals surface area contributed by atoms with E-state index in [9.17, 15) is 13.2 Å². The van der Waals surface area contributed by atoms with Gasteiger partial charge in [0.1, 0.15) is 36.5 Å². The van der Waals surface area contributed by atoms with Gasteiger partial charge in [-0.3, -0.25) is 0 Å². The highest BCUT2D eigenvalue weighted by Gasteiger charge is 2.55. The van der Waals surface area contributed by atoms with Gasteiger partial charge in [0.15, 0.2) is 5.79 Å². The van der Waals surface area contributed by atoms with Crippen molar-refractivity contribution >= 4 is 36.0 Å². The Hall–Kier alpha value is -3.04. The molecule has 274 valence electrons. The van der Waals surface area contributed by atoms with Gasteiger partial charge in [0.05, 0.1) is 34.1 Å². The molecule has 4 aromatic rings. The highest BCUT2D eigenvalue weighted by atomic mass is 28.3. The molecule has 1 aliphatic heterocycles. The number of anilines is 1. The average molecular weight is 716 g/mol. The molecule has 4 atom stereocenters. The van der Waals surface area contributed by atoms with E-state index in [2.05, 4.69) is 57.9 Å². The summed E-state index contributed by atoms with van der Waals surface area (Å²) < 4.78 is 63.7. The van der Waals surface area contributed by atoms with E-state index in [1.807, 2.05) is 30.7 Å². The summed E-state index contributed by atoms with van der Waals surface area (Å²) in [5.74, 6) is 0.778. The Bertz CT molecular complexity index is 1780. The first-order valence-corrected chi connectivity index (χ1v) is 21.5. The zero-order chi connectivity index (χ0) is 36.0. The smallest absolute Gasteiger partial charge is 0.383 e. The van der Waals surface area contributed by atoms with E-state index in [-0.39, 0.29) is 30.9 Å². The van der Waals surface area contributed by atoms with Crippen LogP contribution < -0.4 is 5.73 Å². The second kappa shape index (κ2) is 14.2. The number of aryl methyl sites for hydroxylation is 1.